The van der Waals surface area contributed by atoms with Gasteiger partial charge >= 0.3 is 0 Å². The smallest absolute Gasteiger partial charge is 0.224 e. The van der Waals surface area contributed by atoms with Crippen molar-refractivity contribution in [3.8, 4) is 0 Å². The predicted octanol–water partition coefficient (Wildman–Crippen LogP) is 5.85. The topological polar surface area (TPSA) is 55.1 Å². The molecule has 1 N–H and O–H groups in total. The highest BCUT2D eigenvalue weighted by Gasteiger charge is 2.11. The zero-order chi connectivity index (χ0) is 17.8. The number of rotatable bonds is 6. The minimum atomic E-state index is 0.0417. The molecule has 6 heteroatoms. The van der Waals surface area contributed by atoms with E-state index in [1.165, 1.54) is 0 Å². The Morgan fingerprint density at radius 3 is 2.68 bits per heavy atom. The number of oxazole rings is 1. The van der Waals surface area contributed by atoms with E-state index in [4.69, 9.17) is 27.6 Å². The molecule has 0 aliphatic heterocycles. The summed E-state index contributed by atoms with van der Waals surface area (Å²) in [5.74, 6) is 0.610. The third-order valence-electron chi connectivity index (χ3n) is 3.80. The lowest BCUT2D eigenvalue weighted by atomic mass is 10.1. The highest BCUT2D eigenvalue weighted by molar-refractivity contribution is 6.37. The predicted molar refractivity (Wildman–Crippen MR) is 101 cm³/mol. The summed E-state index contributed by atoms with van der Waals surface area (Å²) in [5.41, 5.74) is 3.01. The van der Waals surface area contributed by atoms with Gasteiger partial charge in [-0.3, -0.25) is 4.79 Å². The van der Waals surface area contributed by atoms with E-state index in [2.05, 4.69) is 17.2 Å². The summed E-state index contributed by atoms with van der Waals surface area (Å²) >= 11 is 12.1. The van der Waals surface area contributed by atoms with Gasteiger partial charge in [0.25, 0.3) is 0 Å². The van der Waals surface area contributed by atoms with E-state index >= 15 is 0 Å². The van der Waals surface area contributed by atoms with Gasteiger partial charge in [-0.05, 0) is 36.2 Å². The number of halogens is 2. The molecular weight excluding hydrogens is 359 g/mol. The summed E-state index contributed by atoms with van der Waals surface area (Å²) in [6, 6.07) is 11.0. The first kappa shape index (κ1) is 17.8. The summed E-state index contributed by atoms with van der Waals surface area (Å²) in [5, 5.41) is 3.87. The van der Waals surface area contributed by atoms with Crippen molar-refractivity contribution < 1.29 is 9.21 Å². The fourth-order valence-electron chi connectivity index (χ4n) is 2.52. The number of hydrogen-bond donors (Lipinski definition) is 1. The highest BCUT2D eigenvalue weighted by Crippen LogP contribution is 2.29. The van der Waals surface area contributed by atoms with E-state index in [0.717, 1.165) is 24.1 Å². The van der Waals surface area contributed by atoms with Crippen molar-refractivity contribution in [2.45, 2.75) is 32.6 Å². The molecule has 1 amide bonds. The zero-order valence-corrected chi connectivity index (χ0v) is 15.3. The summed E-state index contributed by atoms with van der Waals surface area (Å²) in [4.78, 5) is 16.2. The van der Waals surface area contributed by atoms with Gasteiger partial charge < -0.3 is 9.73 Å². The first-order valence-corrected chi connectivity index (χ1v) is 8.94. The van der Waals surface area contributed by atoms with Gasteiger partial charge in [-0.15, -0.1) is 0 Å². The molecule has 0 saturated carbocycles. The number of amides is 1. The van der Waals surface area contributed by atoms with Crippen molar-refractivity contribution in [3.05, 3.63) is 57.9 Å². The fourth-order valence-corrected chi connectivity index (χ4v) is 3.04. The first-order valence-electron chi connectivity index (χ1n) is 8.18. The Hall–Kier alpha value is -2.04. The lowest BCUT2D eigenvalue weighted by Gasteiger charge is -2.05. The van der Waals surface area contributed by atoms with Crippen LogP contribution in [0.25, 0.3) is 11.1 Å². The summed E-state index contributed by atoms with van der Waals surface area (Å²) in [6.45, 7) is 2.06. The van der Waals surface area contributed by atoms with E-state index in [-0.39, 0.29) is 5.91 Å². The maximum Gasteiger partial charge on any atom is 0.224 e. The molecule has 25 heavy (non-hydrogen) atoms. The number of aromatic nitrogens is 1. The number of carbonyl (C=O) groups excluding carboxylic acids is 1. The van der Waals surface area contributed by atoms with Crippen molar-refractivity contribution in [2.24, 2.45) is 0 Å². The summed E-state index contributed by atoms with van der Waals surface area (Å²) < 4.78 is 5.73. The van der Waals surface area contributed by atoms with Gasteiger partial charge in [-0.25, -0.2) is 4.98 Å². The van der Waals surface area contributed by atoms with Crippen molar-refractivity contribution in [1.82, 2.24) is 4.98 Å². The molecule has 0 spiro atoms. The van der Waals surface area contributed by atoms with E-state index in [9.17, 15) is 4.79 Å². The average Bonchev–Trinajstić information content (AvgIpc) is 2.97. The molecule has 3 rings (SSSR count). The number of nitrogens with zero attached hydrogens (tertiary/aromatic N) is 1. The number of benzene rings is 2. The first-order chi connectivity index (χ1) is 12.0. The second-order valence-corrected chi connectivity index (χ2v) is 6.71. The third-order valence-corrected chi connectivity index (χ3v) is 4.30. The van der Waals surface area contributed by atoms with Crippen molar-refractivity contribution in [1.29, 1.82) is 0 Å². The quantitative estimate of drug-likeness (QED) is 0.586. The molecule has 0 atom stereocenters. The van der Waals surface area contributed by atoms with Crippen LogP contribution in [0.3, 0.4) is 0 Å². The van der Waals surface area contributed by atoms with Gasteiger partial charge in [0.15, 0.2) is 11.5 Å². The second kappa shape index (κ2) is 7.89. The Labute approximate surface area is 156 Å². The van der Waals surface area contributed by atoms with Crippen molar-refractivity contribution >= 4 is 45.9 Å². The van der Waals surface area contributed by atoms with Crippen LogP contribution in [0.2, 0.25) is 10.0 Å². The van der Waals surface area contributed by atoms with Crippen LogP contribution in [-0.4, -0.2) is 10.9 Å². The molecule has 130 valence electrons. The molecule has 0 bridgehead atoms. The largest absolute Gasteiger partial charge is 0.439 e. The van der Waals surface area contributed by atoms with Gasteiger partial charge in [0.1, 0.15) is 5.52 Å². The SMILES string of the molecule is CCCCC(=O)Nc1ccc(Cc2nc3cc(Cl)cc(Cl)c3o2)cc1. The Balaban J connectivity index is 1.69. The van der Waals surface area contributed by atoms with Gasteiger partial charge in [-0.2, -0.15) is 0 Å². The van der Waals surface area contributed by atoms with E-state index in [1.54, 1.807) is 12.1 Å². The summed E-state index contributed by atoms with van der Waals surface area (Å²) in [7, 11) is 0. The molecule has 3 aromatic rings. The maximum atomic E-state index is 11.7. The van der Waals surface area contributed by atoms with Gasteiger partial charge in [0, 0.05) is 23.6 Å². The minimum Gasteiger partial charge on any atom is -0.439 e. The zero-order valence-electron chi connectivity index (χ0n) is 13.8. The van der Waals surface area contributed by atoms with Crippen LogP contribution in [0, 0.1) is 0 Å². The third kappa shape index (κ3) is 4.53. The molecule has 0 aliphatic carbocycles. The normalized spacial score (nSPS) is 11.0. The Morgan fingerprint density at radius 1 is 1.20 bits per heavy atom. The lowest BCUT2D eigenvalue weighted by molar-refractivity contribution is -0.116. The molecule has 0 aliphatic rings. The molecule has 0 saturated heterocycles. The van der Waals surface area contributed by atoms with Crippen LogP contribution in [-0.2, 0) is 11.2 Å². The number of anilines is 1. The fraction of sp³-hybridized carbons (Fsp3) is 0.263. The van der Waals surface area contributed by atoms with E-state index in [1.807, 2.05) is 24.3 Å². The summed E-state index contributed by atoms with van der Waals surface area (Å²) in [6.07, 6.45) is 2.98. The van der Waals surface area contributed by atoms with Crippen LogP contribution in [0.4, 0.5) is 5.69 Å². The molecule has 4 nitrogen and oxygen atoms in total. The van der Waals surface area contributed by atoms with Crippen molar-refractivity contribution in [2.75, 3.05) is 5.32 Å². The maximum absolute atomic E-state index is 11.7. The molecule has 0 fully saturated rings. The number of fused-ring (bicyclic) bond motifs is 1. The Kier molecular flexibility index (Phi) is 5.61. The monoisotopic (exact) mass is 376 g/mol. The number of carbonyl (C=O) groups is 1. The van der Waals surface area contributed by atoms with Crippen LogP contribution in [0.5, 0.6) is 0 Å². The molecule has 1 aromatic heterocycles. The Morgan fingerprint density at radius 2 is 1.96 bits per heavy atom. The number of hydrogen-bond acceptors (Lipinski definition) is 3. The van der Waals surface area contributed by atoms with Crippen LogP contribution in [0.15, 0.2) is 40.8 Å². The van der Waals surface area contributed by atoms with Gasteiger partial charge in [0.05, 0.1) is 5.02 Å². The van der Waals surface area contributed by atoms with Crippen LogP contribution >= 0.6 is 23.2 Å². The van der Waals surface area contributed by atoms with Crippen LogP contribution in [0.1, 0.15) is 37.6 Å². The molecule has 2 aromatic carbocycles. The average molecular weight is 377 g/mol. The molecule has 1 heterocycles. The molecule has 0 radical (unpaired) electrons. The van der Waals surface area contributed by atoms with Gasteiger partial charge in [-0.1, -0.05) is 48.7 Å². The second-order valence-electron chi connectivity index (χ2n) is 5.87. The standard InChI is InChI=1S/C19H18Cl2N2O2/c1-2-3-4-17(24)22-14-7-5-12(6-8-14)9-18-23-16-11-13(20)10-15(21)19(16)25-18/h5-8,10-11H,2-4,9H2,1H3,(H,22,24). The highest BCUT2D eigenvalue weighted by atomic mass is 35.5. The van der Waals surface area contributed by atoms with E-state index in [0.29, 0.717) is 39.9 Å². The molecular formula is C19H18Cl2N2O2. The molecule has 0 unspecified atom stereocenters. The number of unbranched alkanes of at least 4 members (excludes halogenated alkanes) is 1. The minimum absolute atomic E-state index is 0.0417. The number of nitrogens with one attached hydrogen (secondary N) is 1. The Bertz CT molecular complexity index is 888. The van der Waals surface area contributed by atoms with Gasteiger partial charge in [0.2, 0.25) is 5.91 Å². The van der Waals surface area contributed by atoms with Crippen molar-refractivity contribution in [3.63, 3.8) is 0 Å². The van der Waals surface area contributed by atoms with Crippen LogP contribution < -0.4 is 5.32 Å². The lowest BCUT2D eigenvalue weighted by Crippen LogP contribution is -2.10. The van der Waals surface area contributed by atoms with E-state index < -0.39 is 0 Å².